The van der Waals surface area contributed by atoms with Crippen molar-refractivity contribution in [2.75, 3.05) is 33.4 Å². The van der Waals surface area contributed by atoms with Gasteiger partial charge in [-0.25, -0.2) is 0 Å². The van der Waals surface area contributed by atoms with E-state index in [1.807, 2.05) is 0 Å². The average Bonchev–Trinajstić information content (AvgIpc) is 2.83. The van der Waals surface area contributed by atoms with E-state index in [9.17, 15) is 14.4 Å². The molecule has 2 aliphatic heterocycles. The monoisotopic (exact) mass is 353 g/mol. The fourth-order valence-electron chi connectivity index (χ4n) is 2.71. The van der Waals surface area contributed by atoms with E-state index in [1.165, 1.54) is 19.4 Å². The Morgan fingerprint density at radius 1 is 1.40 bits per heavy atom. The first-order valence-corrected chi connectivity index (χ1v) is 7.52. The molecule has 1 aromatic heterocycles. The first kappa shape index (κ1) is 18.5. The highest BCUT2D eigenvalue weighted by Gasteiger charge is 2.35. The van der Waals surface area contributed by atoms with Crippen molar-refractivity contribution in [1.82, 2.24) is 15.2 Å². The molecular formula is C15H19N3O7. The van der Waals surface area contributed by atoms with Gasteiger partial charge in [-0.15, -0.1) is 0 Å². The van der Waals surface area contributed by atoms with E-state index >= 15 is 0 Å². The summed E-state index contributed by atoms with van der Waals surface area (Å²) >= 11 is 0. The molecular weight excluding hydrogens is 334 g/mol. The number of fused-ring (bicyclic) bond motifs is 3. The van der Waals surface area contributed by atoms with Crippen LogP contribution >= 0.6 is 0 Å². The Hall–Kier alpha value is -2.88. The van der Waals surface area contributed by atoms with Crippen LogP contribution in [0, 0.1) is 5.92 Å². The molecule has 3 heterocycles. The molecule has 2 amide bonds. The molecule has 0 unspecified atom stereocenters. The molecule has 25 heavy (non-hydrogen) atoms. The summed E-state index contributed by atoms with van der Waals surface area (Å²) < 4.78 is 10.3. The third-order valence-electron chi connectivity index (χ3n) is 3.85. The van der Waals surface area contributed by atoms with Gasteiger partial charge in [0.05, 0.1) is 32.3 Å². The number of aromatic amines is 1. The van der Waals surface area contributed by atoms with Gasteiger partial charge in [0.1, 0.15) is 5.69 Å². The minimum atomic E-state index is -0.388. The van der Waals surface area contributed by atoms with Crippen LogP contribution in [-0.4, -0.2) is 72.7 Å². The van der Waals surface area contributed by atoms with Crippen molar-refractivity contribution < 1.29 is 29.0 Å². The van der Waals surface area contributed by atoms with E-state index in [4.69, 9.17) is 19.4 Å². The number of H-pyrrole nitrogens is 1. The zero-order chi connectivity index (χ0) is 18.4. The average molecular weight is 353 g/mol. The van der Waals surface area contributed by atoms with Gasteiger partial charge < -0.3 is 29.8 Å². The standard InChI is InChI=1S/C14H17N3O5.CH2O2/c1-21-12-3-15-10(2-11(12)18)14(20)17-4-8-6-22-7-9(5-17)16-13(8)19;2-1-3/h2-3,8-9H,4-7H2,1H3,(H,15,18)(H,16,19);1H,(H,2,3)/t8-,9+;/m1./s1. The van der Waals surface area contributed by atoms with E-state index in [2.05, 4.69) is 10.3 Å². The number of carbonyl (C=O) groups is 3. The van der Waals surface area contributed by atoms with Crippen molar-refractivity contribution in [3.05, 3.63) is 28.2 Å². The van der Waals surface area contributed by atoms with Crippen LogP contribution in [0.4, 0.5) is 0 Å². The van der Waals surface area contributed by atoms with E-state index in [0.717, 1.165) is 0 Å². The molecule has 2 bridgehead atoms. The number of carboxylic acid groups (broad SMARTS) is 1. The maximum absolute atomic E-state index is 12.6. The number of hydrogen-bond donors (Lipinski definition) is 3. The van der Waals surface area contributed by atoms with Gasteiger partial charge in [-0.05, 0) is 0 Å². The highest BCUT2D eigenvalue weighted by molar-refractivity contribution is 5.93. The number of methoxy groups -OCH3 is 1. The van der Waals surface area contributed by atoms with Crippen molar-refractivity contribution in [2.45, 2.75) is 6.04 Å². The van der Waals surface area contributed by atoms with Crippen molar-refractivity contribution in [3.8, 4) is 5.75 Å². The van der Waals surface area contributed by atoms with E-state index in [1.54, 1.807) is 4.90 Å². The molecule has 2 saturated heterocycles. The largest absolute Gasteiger partial charge is 0.491 e. The van der Waals surface area contributed by atoms with Gasteiger partial charge in [0, 0.05) is 25.4 Å². The number of amides is 2. The Morgan fingerprint density at radius 3 is 2.76 bits per heavy atom. The van der Waals surface area contributed by atoms with Crippen LogP contribution in [0.25, 0.3) is 0 Å². The zero-order valence-electron chi connectivity index (χ0n) is 13.6. The van der Waals surface area contributed by atoms with Crippen LogP contribution in [0.2, 0.25) is 0 Å². The minimum absolute atomic E-state index is 0.0963. The molecule has 2 atom stereocenters. The summed E-state index contributed by atoms with van der Waals surface area (Å²) in [5.74, 6) is -0.648. The zero-order valence-corrected chi connectivity index (χ0v) is 13.6. The number of nitrogens with zero attached hydrogens (tertiary/aromatic N) is 1. The third kappa shape index (κ3) is 4.35. The van der Waals surface area contributed by atoms with Gasteiger partial charge in [0.25, 0.3) is 12.4 Å². The maximum atomic E-state index is 12.6. The van der Waals surface area contributed by atoms with Gasteiger partial charge >= 0.3 is 0 Å². The lowest BCUT2D eigenvalue weighted by molar-refractivity contribution is -0.125. The van der Waals surface area contributed by atoms with Crippen molar-refractivity contribution in [1.29, 1.82) is 0 Å². The number of carbonyl (C=O) groups excluding carboxylic acids is 2. The van der Waals surface area contributed by atoms with Crippen LogP contribution in [0.1, 0.15) is 10.5 Å². The first-order valence-electron chi connectivity index (χ1n) is 7.52. The Kier molecular flexibility index (Phi) is 6.12. The molecule has 136 valence electrons. The van der Waals surface area contributed by atoms with Crippen molar-refractivity contribution in [2.24, 2.45) is 5.92 Å². The van der Waals surface area contributed by atoms with Crippen LogP contribution < -0.4 is 15.5 Å². The number of rotatable bonds is 2. The summed E-state index contributed by atoms with van der Waals surface area (Å²) in [5.41, 5.74) is -0.184. The van der Waals surface area contributed by atoms with Crippen LogP contribution in [0.15, 0.2) is 17.1 Å². The normalized spacial score (nSPS) is 22.0. The minimum Gasteiger partial charge on any atom is -0.491 e. The molecule has 10 nitrogen and oxygen atoms in total. The van der Waals surface area contributed by atoms with E-state index in [0.29, 0.717) is 19.8 Å². The molecule has 3 rings (SSSR count). The second-order valence-electron chi connectivity index (χ2n) is 5.53. The smallest absolute Gasteiger partial charge is 0.290 e. The van der Waals surface area contributed by atoms with Gasteiger partial charge in [-0.3, -0.25) is 19.2 Å². The Bertz CT molecular complexity index is 703. The second kappa shape index (κ2) is 8.29. The molecule has 0 radical (unpaired) electrons. The Labute approximate surface area is 142 Å². The SMILES string of the molecule is COc1c[nH]c(C(=O)N2C[C@H]3COC[C@@H](C2)C(=O)N3)cc1=O.O=CO. The molecule has 0 aliphatic carbocycles. The number of hydrogen-bond acceptors (Lipinski definition) is 6. The second-order valence-corrected chi connectivity index (χ2v) is 5.53. The van der Waals surface area contributed by atoms with E-state index in [-0.39, 0.29) is 53.7 Å². The van der Waals surface area contributed by atoms with Gasteiger partial charge in [-0.1, -0.05) is 0 Å². The first-order chi connectivity index (χ1) is 12.0. The predicted molar refractivity (Wildman–Crippen MR) is 84.5 cm³/mol. The summed E-state index contributed by atoms with van der Waals surface area (Å²) in [4.78, 5) is 49.0. The highest BCUT2D eigenvalue weighted by Crippen LogP contribution is 2.15. The summed E-state index contributed by atoms with van der Waals surface area (Å²) in [6.45, 7) is 1.06. The number of ether oxygens (including phenoxy) is 2. The fourth-order valence-corrected chi connectivity index (χ4v) is 2.71. The molecule has 0 saturated carbocycles. The van der Waals surface area contributed by atoms with Gasteiger partial charge in [-0.2, -0.15) is 0 Å². The Morgan fingerprint density at radius 2 is 2.12 bits per heavy atom. The van der Waals surface area contributed by atoms with Crippen LogP contribution in [0.3, 0.4) is 0 Å². The fraction of sp³-hybridized carbons (Fsp3) is 0.467. The molecule has 1 aromatic rings. The number of nitrogens with one attached hydrogen (secondary N) is 2. The van der Waals surface area contributed by atoms with Crippen LogP contribution in [-0.2, 0) is 14.3 Å². The highest BCUT2D eigenvalue weighted by atomic mass is 16.5. The molecule has 0 aromatic carbocycles. The lowest BCUT2D eigenvalue weighted by Crippen LogP contribution is -2.44. The number of aromatic nitrogens is 1. The van der Waals surface area contributed by atoms with Crippen LogP contribution in [0.5, 0.6) is 5.75 Å². The van der Waals surface area contributed by atoms with E-state index < -0.39 is 0 Å². The number of pyridine rings is 1. The lowest BCUT2D eigenvalue weighted by atomic mass is 10.1. The summed E-state index contributed by atoms with van der Waals surface area (Å²) in [6.07, 6.45) is 1.36. The van der Waals surface area contributed by atoms with Crippen molar-refractivity contribution >= 4 is 18.3 Å². The summed E-state index contributed by atoms with van der Waals surface area (Å²) in [7, 11) is 1.39. The summed E-state index contributed by atoms with van der Waals surface area (Å²) in [5, 5.41) is 9.75. The topological polar surface area (TPSA) is 138 Å². The molecule has 0 spiro atoms. The quantitative estimate of drug-likeness (QED) is 0.560. The molecule has 2 fully saturated rings. The predicted octanol–water partition coefficient (Wildman–Crippen LogP) is -1.33. The molecule has 3 N–H and O–H groups in total. The third-order valence-corrected chi connectivity index (χ3v) is 3.85. The Balaban J connectivity index is 0.000000701. The van der Waals surface area contributed by atoms with Gasteiger partial charge in [0.15, 0.2) is 5.75 Å². The lowest BCUT2D eigenvalue weighted by Gasteiger charge is -2.27. The molecule has 2 aliphatic rings. The molecule has 10 heteroatoms. The maximum Gasteiger partial charge on any atom is 0.290 e. The summed E-state index contributed by atoms with van der Waals surface area (Å²) in [6, 6.07) is 0.988. The van der Waals surface area contributed by atoms with Crippen molar-refractivity contribution in [3.63, 3.8) is 0 Å². The van der Waals surface area contributed by atoms with Gasteiger partial charge in [0.2, 0.25) is 11.3 Å².